The van der Waals surface area contributed by atoms with Crippen LogP contribution in [0.3, 0.4) is 0 Å². The molecule has 0 heterocycles. The molecule has 0 aromatic heterocycles. The van der Waals surface area contributed by atoms with Gasteiger partial charge in [-0.2, -0.15) is 0 Å². The SMILES string of the molecule is O=C(CN(c1ccc(Br)cc1)S(=O)(=O)c1ccccc1)NCCOc1cccc2ccccc12. The molecule has 8 heteroatoms. The number of hydrogen-bond donors (Lipinski definition) is 1. The number of benzene rings is 4. The zero-order valence-corrected chi connectivity index (χ0v) is 20.6. The van der Waals surface area contributed by atoms with E-state index in [0.29, 0.717) is 5.69 Å². The second-order valence-electron chi connectivity index (χ2n) is 7.48. The van der Waals surface area contributed by atoms with Crippen LogP contribution in [0.4, 0.5) is 5.69 Å². The molecule has 0 unspecified atom stereocenters. The molecular formula is C26H23BrN2O4S. The van der Waals surface area contributed by atoms with E-state index in [2.05, 4.69) is 21.2 Å². The van der Waals surface area contributed by atoms with E-state index in [1.807, 2.05) is 42.5 Å². The molecule has 174 valence electrons. The summed E-state index contributed by atoms with van der Waals surface area (Å²) in [5, 5.41) is 4.82. The van der Waals surface area contributed by atoms with Crippen LogP contribution in [0, 0.1) is 0 Å². The number of carbonyl (C=O) groups is 1. The summed E-state index contributed by atoms with van der Waals surface area (Å²) in [6, 6.07) is 28.5. The third kappa shape index (κ3) is 5.58. The number of rotatable bonds is 9. The summed E-state index contributed by atoms with van der Waals surface area (Å²) in [7, 11) is -3.93. The van der Waals surface area contributed by atoms with E-state index in [1.165, 1.54) is 12.1 Å². The van der Waals surface area contributed by atoms with Crippen molar-refractivity contribution in [3.05, 3.63) is 102 Å². The molecule has 0 saturated carbocycles. The zero-order valence-electron chi connectivity index (χ0n) is 18.2. The first-order chi connectivity index (χ1) is 16.4. The summed E-state index contributed by atoms with van der Waals surface area (Å²) >= 11 is 3.36. The van der Waals surface area contributed by atoms with Gasteiger partial charge in [0.1, 0.15) is 18.9 Å². The highest BCUT2D eigenvalue weighted by atomic mass is 79.9. The highest BCUT2D eigenvalue weighted by molar-refractivity contribution is 9.10. The van der Waals surface area contributed by atoms with Gasteiger partial charge in [-0.3, -0.25) is 9.10 Å². The minimum Gasteiger partial charge on any atom is -0.491 e. The number of hydrogen-bond acceptors (Lipinski definition) is 4. The molecule has 0 saturated heterocycles. The number of nitrogens with one attached hydrogen (secondary N) is 1. The maximum Gasteiger partial charge on any atom is 0.264 e. The Kier molecular flexibility index (Phi) is 7.49. The molecule has 34 heavy (non-hydrogen) atoms. The van der Waals surface area contributed by atoms with Gasteiger partial charge in [0.2, 0.25) is 5.91 Å². The average molecular weight is 539 g/mol. The molecule has 0 atom stereocenters. The summed E-state index contributed by atoms with van der Waals surface area (Å²) in [5.41, 5.74) is 0.397. The van der Waals surface area contributed by atoms with E-state index in [0.717, 1.165) is 25.3 Å². The predicted octanol–water partition coefficient (Wildman–Crippen LogP) is 4.99. The van der Waals surface area contributed by atoms with Crippen molar-refractivity contribution in [2.75, 3.05) is 24.0 Å². The van der Waals surface area contributed by atoms with Gasteiger partial charge in [0, 0.05) is 9.86 Å². The molecule has 0 aliphatic heterocycles. The number of fused-ring (bicyclic) bond motifs is 1. The van der Waals surface area contributed by atoms with Crippen molar-refractivity contribution in [3.63, 3.8) is 0 Å². The second-order valence-corrected chi connectivity index (χ2v) is 10.3. The molecular weight excluding hydrogens is 516 g/mol. The van der Waals surface area contributed by atoms with Crippen molar-refractivity contribution in [1.82, 2.24) is 5.32 Å². The van der Waals surface area contributed by atoms with E-state index < -0.39 is 15.9 Å². The maximum absolute atomic E-state index is 13.3. The smallest absolute Gasteiger partial charge is 0.264 e. The Bertz CT molecular complexity index is 1370. The van der Waals surface area contributed by atoms with E-state index in [1.54, 1.807) is 42.5 Å². The van der Waals surface area contributed by atoms with Crippen LogP contribution in [-0.2, 0) is 14.8 Å². The topological polar surface area (TPSA) is 75.7 Å². The van der Waals surface area contributed by atoms with Crippen LogP contribution in [-0.4, -0.2) is 34.0 Å². The molecule has 4 rings (SSSR count). The molecule has 0 aliphatic rings. The van der Waals surface area contributed by atoms with Crippen LogP contribution in [0.15, 0.2) is 106 Å². The van der Waals surface area contributed by atoms with Gasteiger partial charge in [0.05, 0.1) is 17.1 Å². The number of nitrogens with zero attached hydrogens (tertiary/aromatic N) is 1. The Labute approximate surface area is 207 Å². The van der Waals surface area contributed by atoms with E-state index >= 15 is 0 Å². The molecule has 0 aliphatic carbocycles. The summed E-state index contributed by atoms with van der Waals surface area (Å²) in [6.07, 6.45) is 0. The monoisotopic (exact) mass is 538 g/mol. The van der Waals surface area contributed by atoms with Crippen LogP contribution in [0.5, 0.6) is 5.75 Å². The van der Waals surface area contributed by atoms with Gasteiger partial charge in [-0.05, 0) is 47.9 Å². The quantitative estimate of drug-likeness (QED) is 0.304. The van der Waals surface area contributed by atoms with Gasteiger partial charge < -0.3 is 10.1 Å². The Morgan fingerprint density at radius 3 is 2.29 bits per heavy atom. The molecule has 1 amide bonds. The van der Waals surface area contributed by atoms with Gasteiger partial charge in [-0.15, -0.1) is 0 Å². The lowest BCUT2D eigenvalue weighted by Crippen LogP contribution is -2.41. The normalized spacial score (nSPS) is 11.2. The first kappa shape index (κ1) is 23.8. The number of anilines is 1. The fraction of sp³-hybridized carbons (Fsp3) is 0.115. The van der Waals surface area contributed by atoms with Crippen LogP contribution >= 0.6 is 15.9 Å². The van der Waals surface area contributed by atoms with Crippen LogP contribution in [0.1, 0.15) is 0 Å². The Morgan fingerprint density at radius 2 is 1.53 bits per heavy atom. The van der Waals surface area contributed by atoms with Crippen LogP contribution in [0.2, 0.25) is 0 Å². The third-order valence-electron chi connectivity index (χ3n) is 5.16. The van der Waals surface area contributed by atoms with E-state index in [9.17, 15) is 13.2 Å². The maximum atomic E-state index is 13.3. The van der Waals surface area contributed by atoms with E-state index in [-0.39, 0.29) is 24.6 Å². The lowest BCUT2D eigenvalue weighted by molar-refractivity contribution is -0.119. The predicted molar refractivity (Wildman–Crippen MR) is 138 cm³/mol. The van der Waals surface area contributed by atoms with Gasteiger partial charge >= 0.3 is 0 Å². The van der Waals surface area contributed by atoms with Gasteiger partial charge in [-0.1, -0.05) is 70.5 Å². The Morgan fingerprint density at radius 1 is 0.853 bits per heavy atom. The van der Waals surface area contributed by atoms with Gasteiger partial charge in [0.15, 0.2) is 0 Å². The third-order valence-corrected chi connectivity index (χ3v) is 7.48. The fourth-order valence-electron chi connectivity index (χ4n) is 3.50. The highest BCUT2D eigenvalue weighted by Gasteiger charge is 2.27. The van der Waals surface area contributed by atoms with Crippen molar-refractivity contribution in [2.24, 2.45) is 0 Å². The van der Waals surface area contributed by atoms with Crippen molar-refractivity contribution < 1.29 is 17.9 Å². The number of halogens is 1. The Hall–Kier alpha value is -3.36. The number of amides is 1. The summed E-state index contributed by atoms with van der Waals surface area (Å²) in [5.74, 6) is 0.305. The average Bonchev–Trinajstić information content (AvgIpc) is 2.86. The minimum absolute atomic E-state index is 0.116. The molecule has 0 spiro atoms. The first-order valence-electron chi connectivity index (χ1n) is 10.7. The minimum atomic E-state index is -3.93. The van der Waals surface area contributed by atoms with Crippen molar-refractivity contribution >= 4 is 48.3 Å². The summed E-state index contributed by atoms with van der Waals surface area (Å²) in [6.45, 7) is 0.137. The second kappa shape index (κ2) is 10.7. The van der Waals surface area contributed by atoms with Crippen LogP contribution < -0.4 is 14.4 Å². The zero-order chi connectivity index (χ0) is 24.0. The molecule has 4 aromatic carbocycles. The lowest BCUT2D eigenvalue weighted by atomic mass is 10.1. The molecule has 0 radical (unpaired) electrons. The van der Waals surface area contributed by atoms with Crippen LogP contribution in [0.25, 0.3) is 10.8 Å². The molecule has 4 aromatic rings. The molecule has 1 N–H and O–H groups in total. The number of carbonyl (C=O) groups excluding carboxylic acids is 1. The summed E-state index contributed by atoms with van der Waals surface area (Å²) < 4.78 is 34.4. The number of sulfonamides is 1. The Balaban J connectivity index is 1.43. The first-order valence-corrected chi connectivity index (χ1v) is 12.9. The summed E-state index contributed by atoms with van der Waals surface area (Å²) in [4.78, 5) is 12.8. The fourth-order valence-corrected chi connectivity index (χ4v) is 5.21. The van der Waals surface area contributed by atoms with Gasteiger partial charge in [-0.25, -0.2) is 8.42 Å². The largest absolute Gasteiger partial charge is 0.491 e. The van der Waals surface area contributed by atoms with Crippen molar-refractivity contribution in [2.45, 2.75) is 4.90 Å². The van der Waals surface area contributed by atoms with Crippen molar-refractivity contribution in [3.8, 4) is 5.75 Å². The highest BCUT2D eigenvalue weighted by Crippen LogP contribution is 2.26. The molecule has 0 fully saturated rings. The standard InChI is InChI=1S/C26H23BrN2O4S/c27-21-13-15-22(16-14-21)29(34(31,32)23-9-2-1-3-10-23)19-26(30)28-17-18-33-25-12-6-8-20-7-4-5-11-24(20)25/h1-16H,17-19H2,(H,28,30). The lowest BCUT2D eigenvalue weighted by Gasteiger charge is -2.24. The van der Waals surface area contributed by atoms with Gasteiger partial charge in [0.25, 0.3) is 10.0 Å². The van der Waals surface area contributed by atoms with Crippen molar-refractivity contribution in [1.29, 1.82) is 0 Å². The molecule has 6 nitrogen and oxygen atoms in total. The number of ether oxygens (including phenoxy) is 1. The molecule has 0 bridgehead atoms. The van der Waals surface area contributed by atoms with E-state index in [4.69, 9.17) is 4.74 Å².